The van der Waals surface area contributed by atoms with Crippen molar-refractivity contribution >= 4 is 11.8 Å². The van der Waals surface area contributed by atoms with Gasteiger partial charge in [0.25, 0.3) is 0 Å². The molecule has 20 heavy (non-hydrogen) atoms. The number of fused-ring (bicyclic) bond motifs is 1. The topological polar surface area (TPSA) is 12.0 Å². The largest absolute Gasteiger partial charge is 0.309 e. The van der Waals surface area contributed by atoms with Crippen molar-refractivity contribution < 1.29 is 0 Å². The second kappa shape index (κ2) is 8.09. The molecule has 1 aromatic carbocycles. The zero-order valence-corrected chi connectivity index (χ0v) is 14.0. The summed E-state index contributed by atoms with van der Waals surface area (Å²) in [5, 5.41) is 4.54. The Labute approximate surface area is 128 Å². The first-order valence-corrected chi connectivity index (χ1v) is 9.20. The molecule has 2 unspecified atom stereocenters. The molecule has 0 saturated carbocycles. The Morgan fingerprint density at radius 3 is 2.85 bits per heavy atom. The highest BCUT2D eigenvalue weighted by Crippen LogP contribution is 2.37. The van der Waals surface area contributed by atoms with E-state index >= 15 is 0 Å². The minimum atomic E-state index is 0.553. The summed E-state index contributed by atoms with van der Waals surface area (Å²) in [4.78, 5) is 0. The second-order valence-corrected chi connectivity index (χ2v) is 7.61. The van der Waals surface area contributed by atoms with Crippen LogP contribution in [-0.2, 0) is 6.42 Å². The van der Waals surface area contributed by atoms with E-state index < -0.39 is 0 Å². The molecule has 0 heterocycles. The van der Waals surface area contributed by atoms with Gasteiger partial charge in [0.1, 0.15) is 0 Å². The molecule has 0 spiro atoms. The Morgan fingerprint density at radius 1 is 1.30 bits per heavy atom. The molecule has 112 valence electrons. The maximum atomic E-state index is 3.79. The van der Waals surface area contributed by atoms with Crippen LogP contribution in [0.2, 0.25) is 0 Å². The fraction of sp³-hybridized carbons (Fsp3) is 0.667. The van der Waals surface area contributed by atoms with Crippen LogP contribution in [0.1, 0.15) is 57.2 Å². The molecular weight excluding hydrogens is 262 g/mol. The summed E-state index contributed by atoms with van der Waals surface area (Å²) >= 11 is 2.19. The molecule has 0 aromatic heterocycles. The van der Waals surface area contributed by atoms with E-state index in [-0.39, 0.29) is 0 Å². The molecule has 1 aliphatic carbocycles. The Hall–Kier alpha value is -0.470. The molecule has 1 aromatic rings. The number of nitrogens with one attached hydrogen (secondary N) is 1. The lowest BCUT2D eigenvalue weighted by molar-refractivity contribution is 0.471. The van der Waals surface area contributed by atoms with E-state index in [0.717, 1.165) is 17.7 Å². The van der Waals surface area contributed by atoms with Crippen LogP contribution >= 0.6 is 11.8 Å². The number of aryl methyl sites for hydroxylation is 1. The summed E-state index contributed by atoms with van der Waals surface area (Å²) in [5.41, 5.74) is 3.11. The summed E-state index contributed by atoms with van der Waals surface area (Å²) < 4.78 is 0. The molecule has 1 aliphatic rings. The van der Waals surface area contributed by atoms with Gasteiger partial charge in [-0.2, -0.15) is 11.8 Å². The van der Waals surface area contributed by atoms with Crippen molar-refractivity contribution in [1.82, 2.24) is 5.32 Å². The van der Waals surface area contributed by atoms with E-state index in [1.54, 1.807) is 11.1 Å². The van der Waals surface area contributed by atoms with Crippen molar-refractivity contribution in [2.24, 2.45) is 5.92 Å². The summed E-state index contributed by atoms with van der Waals surface area (Å²) in [5.74, 6) is 2.12. The van der Waals surface area contributed by atoms with Gasteiger partial charge in [-0.1, -0.05) is 45.0 Å². The van der Waals surface area contributed by atoms with Crippen molar-refractivity contribution in [1.29, 1.82) is 0 Å². The van der Waals surface area contributed by atoms with Crippen LogP contribution < -0.4 is 5.32 Å². The van der Waals surface area contributed by atoms with Gasteiger partial charge in [0.05, 0.1) is 0 Å². The lowest BCUT2D eigenvalue weighted by Crippen LogP contribution is -2.35. The maximum Gasteiger partial charge on any atom is 0.0443 e. The van der Waals surface area contributed by atoms with Gasteiger partial charge in [0.2, 0.25) is 0 Å². The summed E-state index contributed by atoms with van der Waals surface area (Å²) in [6.45, 7) is 8.02. The number of benzene rings is 1. The fourth-order valence-corrected chi connectivity index (χ4v) is 4.54. The zero-order chi connectivity index (χ0) is 14.4. The molecule has 0 radical (unpaired) electrons. The number of hydrogen-bond acceptors (Lipinski definition) is 2. The molecule has 0 saturated heterocycles. The summed E-state index contributed by atoms with van der Waals surface area (Å²) in [7, 11) is 0. The number of hydrogen-bond donors (Lipinski definition) is 1. The SMILES string of the molecule is CCCNC1c2ccccc2CCC1SCCC(C)C. The second-order valence-electron chi connectivity index (χ2n) is 6.26. The van der Waals surface area contributed by atoms with Crippen molar-refractivity contribution in [3.63, 3.8) is 0 Å². The maximum absolute atomic E-state index is 3.79. The van der Waals surface area contributed by atoms with E-state index in [1.807, 2.05) is 0 Å². The minimum absolute atomic E-state index is 0.553. The first kappa shape index (κ1) is 15.9. The quantitative estimate of drug-likeness (QED) is 0.773. The molecule has 1 nitrogen and oxygen atoms in total. The van der Waals surface area contributed by atoms with Crippen molar-refractivity contribution in [2.75, 3.05) is 12.3 Å². The molecule has 2 atom stereocenters. The third-order valence-electron chi connectivity index (χ3n) is 4.10. The molecule has 0 bridgehead atoms. The van der Waals surface area contributed by atoms with Gasteiger partial charge in [-0.3, -0.25) is 0 Å². The van der Waals surface area contributed by atoms with Crippen molar-refractivity contribution in [3.8, 4) is 0 Å². The third kappa shape index (κ3) is 4.26. The van der Waals surface area contributed by atoms with Gasteiger partial charge >= 0.3 is 0 Å². The highest BCUT2D eigenvalue weighted by atomic mass is 32.2. The Balaban J connectivity index is 2.04. The van der Waals surface area contributed by atoms with Gasteiger partial charge in [-0.05, 0) is 55.0 Å². The molecule has 0 amide bonds. The Bertz CT molecular complexity index is 402. The normalized spacial score (nSPS) is 22.0. The van der Waals surface area contributed by atoms with Crippen LogP contribution in [0.5, 0.6) is 0 Å². The lowest BCUT2D eigenvalue weighted by atomic mass is 9.87. The van der Waals surface area contributed by atoms with Gasteiger partial charge in [-0.15, -0.1) is 0 Å². The first-order valence-electron chi connectivity index (χ1n) is 8.15. The predicted octanol–water partition coefficient (Wildman–Crippen LogP) is 4.82. The van der Waals surface area contributed by atoms with Crippen LogP contribution in [0, 0.1) is 5.92 Å². The van der Waals surface area contributed by atoms with Crippen LogP contribution in [-0.4, -0.2) is 17.5 Å². The highest BCUT2D eigenvalue weighted by molar-refractivity contribution is 7.99. The van der Waals surface area contributed by atoms with E-state index in [0.29, 0.717) is 6.04 Å². The van der Waals surface area contributed by atoms with E-state index in [1.165, 1.54) is 31.4 Å². The van der Waals surface area contributed by atoms with Crippen LogP contribution in [0.25, 0.3) is 0 Å². The average Bonchev–Trinajstić information content (AvgIpc) is 2.45. The molecule has 2 rings (SSSR count). The van der Waals surface area contributed by atoms with Gasteiger partial charge in [-0.25, -0.2) is 0 Å². The highest BCUT2D eigenvalue weighted by Gasteiger charge is 2.28. The zero-order valence-electron chi connectivity index (χ0n) is 13.2. The fourth-order valence-electron chi connectivity index (χ4n) is 2.91. The Kier molecular flexibility index (Phi) is 6.44. The minimum Gasteiger partial charge on any atom is -0.309 e. The van der Waals surface area contributed by atoms with Gasteiger partial charge in [0.15, 0.2) is 0 Å². The van der Waals surface area contributed by atoms with E-state index in [9.17, 15) is 0 Å². The molecular formula is C18H29NS. The summed E-state index contributed by atoms with van der Waals surface area (Å²) in [6.07, 6.45) is 5.12. The van der Waals surface area contributed by atoms with Gasteiger partial charge < -0.3 is 5.32 Å². The Morgan fingerprint density at radius 2 is 2.10 bits per heavy atom. The first-order chi connectivity index (χ1) is 9.72. The predicted molar refractivity (Wildman–Crippen MR) is 91.5 cm³/mol. The lowest BCUT2D eigenvalue weighted by Gasteiger charge is -2.34. The van der Waals surface area contributed by atoms with Crippen LogP contribution in [0.15, 0.2) is 24.3 Å². The van der Waals surface area contributed by atoms with Crippen molar-refractivity contribution in [2.45, 2.75) is 57.7 Å². The molecule has 2 heteroatoms. The average molecular weight is 292 g/mol. The molecule has 1 N–H and O–H groups in total. The number of thioether (sulfide) groups is 1. The van der Waals surface area contributed by atoms with Crippen LogP contribution in [0.3, 0.4) is 0 Å². The molecule has 0 aliphatic heterocycles. The monoisotopic (exact) mass is 291 g/mol. The van der Waals surface area contributed by atoms with E-state index in [2.05, 4.69) is 62.1 Å². The standard InChI is InChI=1S/C18H29NS/c1-4-12-19-18-16-8-6-5-7-15(16)9-10-17(18)20-13-11-14(2)3/h5-8,14,17-19H,4,9-13H2,1-3H3. The van der Waals surface area contributed by atoms with Crippen LogP contribution in [0.4, 0.5) is 0 Å². The molecule has 0 fully saturated rings. The number of rotatable bonds is 7. The third-order valence-corrected chi connectivity index (χ3v) is 5.51. The van der Waals surface area contributed by atoms with Crippen molar-refractivity contribution in [3.05, 3.63) is 35.4 Å². The summed E-state index contributed by atoms with van der Waals surface area (Å²) in [6, 6.07) is 9.57. The van der Waals surface area contributed by atoms with Gasteiger partial charge in [0, 0.05) is 11.3 Å². The smallest absolute Gasteiger partial charge is 0.0443 e. The van der Waals surface area contributed by atoms with E-state index in [4.69, 9.17) is 0 Å².